The van der Waals surface area contributed by atoms with E-state index in [0.29, 0.717) is 54.1 Å². The van der Waals surface area contributed by atoms with Crippen molar-refractivity contribution in [2.24, 2.45) is 16.2 Å². The Morgan fingerprint density at radius 1 is 0.494 bits per heavy atom. The summed E-state index contributed by atoms with van der Waals surface area (Å²) in [6.07, 6.45) is 1.94. The largest absolute Gasteiger partial charge is 0.436 e. The van der Waals surface area contributed by atoms with Crippen LogP contribution in [0.5, 0.6) is 0 Å². The second-order valence-electron chi connectivity index (χ2n) is 24.2. The number of halogens is 3. The number of nitrogens with one attached hydrogen (secondary N) is 5. The van der Waals surface area contributed by atoms with Crippen molar-refractivity contribution in [3.63, 3.8) is 0 Å². The highest BCUT2D eigenvalue weighted by Crippen LogP contribution is 2.35. The lowest BCUT2D eigenvalue weighted by Gasteiger charge is -2.19. The van der Waals surface area contributed by atoms with E-state index < -0.39 is 0 Å². The number of rotatable bonds is 10. The molecule has 0 fully saturated rings. The van der Waals surface area contributed by atoms with Crippen LogP contribution in [0.3, 0.4) is 0 Å². The van der Waals surface area contributed by atoms with Gasteiger partial charge in [-0.25, -0.2) is 28.1 Å². The van der Waals surface area contributed by atoms with Gasteiger partial charge in [-0.15, -0.1) is 0 Å². The van der Waals surface area contributed by atoms with Gasteiger partial charge in [0.25, 0.3) is 0 Å². The van der Waals surface area contributed by atoms with Gasteiger partial charge in [0.2, 0.25) is 23.6 Å². The highest BCUT2D eigenvalue weighted by molar-refractivity contribution is 5.99. The third-order valence-corrected chi connectivity index (χ3v) is 13.0. The highest BCUT2D eigenvalue weighted by atomic mass is 19.1. The minimum absolute atomic E-state index is 0. The molecule has 0 saturated carbocycles. The van der Waals surface area contributed by atoms with Crippen molar-refractivity contribution in [2.75, 3.05) is 16.0 Å². The van der Waals surface area contributed by atoms with Crippen molar-refractivity contribution < 1.29 is 39.1 Å². The molecule has 6 aromatic carbocycles. The average molecular weight is 1090 g/mol. The number of hydrogen-bond acceptors (Lipinski definition) is 7. The molecule has 0 aliphatic carbocycles. The maximum atomic E-state index is 13.1. The maximum absolute atomic E-state index is 13.1. The number of aryl methyl sites for hydroxylation is 6. The van der Waals surface area contributed by atoms with E-state index in [1.807, 2.05) is 122 Å². The monoisotopic (exact) mass is 1080 g/mol. The van der Waals surface area contributed by atoms with Crippen molar-refractivity contribution in [3.05, 3.63) is 153 Å². The van der Waals surface area contributed by atoms with E-state index in [0.717, 1.165) is 89.5 Å². The Kier molecular flexibility index (Phi) is 17.4. The van der Waals surface area contributed by atoms with E-state index in [2.05, 4.69) is 35.9 Å². The fourth-order valence-electron chi connectivity index (χ4n) is 9.30. The zero-order chi connectivity index (χ0) is 57.9. The summed E-state index contributed by atoms with van der Waals surface area (Å²) < 4.78 is 45.2. The molecule has 79 heavy (non-hydrogen) atoms. The summed E-state index contributed by atoms with van der Waals surface area (Å²) in [4.78, 5) is 57.6. The van der Waals surface area contributed by atoms with E-state index in [9.17, 15) is 27.6 Å². The third kappa shape index (κ3) is 15.4. The molecule has 9 rings (SSSR count). The molecule has 0 unspecified atom stereocenters. The molecule has 0 aliphatic heterocycles. The van der Waals surface area contributed by atoms with Gasteiger partial charge in [-0.05, 0) is 159 Å². The fraction of sp³-hybridized carbons (Fsp3) is 0.344. The summed E-state index contributed by atoms with van der Waals surface area (Å²) in [5, 5.41) is 9.11. The number of carbonyl (C=O) groups excluding carboxylic acids is 3. The second kappa shape index (κ2) is 23.5. The summed E-state index contributed by atoms with van der Waals surface area (Å²) in [7, 11) is 0. The summed E-state index contributed by atoms with van der Waals surface area (Å²) in [5.41, 5.74) is 15.2. The third-order valence-electron chi connectivity index (χ3n) is 13.0. The molecule has 0 bridgehead atoms. The Hall–Kier alpha value is -8.07. The van der Waals surface area contributed by atoms with Gasteiger partial charge in [-0.1, -0.05) is 74.4 Å². The molecule has 424 valence electrons. The molecule has 0 spiro atoms. The van der Waals surface area contributed by atoms with E-state index >= 15 is 0 Å². The van der Waals surface area contributed by atoms with E-state index in [1.54, 1.807) is 36.4 Å². The van der Waals surface area contributed by atoms with Gasteiger partial charge >= 0.3 is 0 Å². The zero-order valence-electron chi connectivity index (χ0n) is 48.1. The molecule has 0 atom stereocenters. The van der Waals surface area contributed by atoms with Gasteiger partial charge < -0.3 is 30.3 Å². The highest BCUT2D eigenvalue weighted by Gasteiger charge is 2.23. The number of H-pyrrole nitrogens is 2. The van der Waals surface area contributed by atoms with Crippen LogP contribution in [0.2, 0.25) is 0 Å². The summed E-state index contributed by atoms with van der Waals surface area (Å²) in [6, 6.07) is 24.5. The summed E-state index contributed by atoms with van der Waals surface area (Å²) >= 11 is 0. The quantitative estimate of drug-likeness (QED) is 0.0907. The molecular formula is C64H83F3N8O4. The van der Waals surface area contributed by atoms with Crippen LogP contribution in [-0.4, -0.2) is 42.6 Å². The Morgan fingerprint density at radius 3 is 1.32 bits per heavy atom. The average Bonchev–Trinajstić information content (AvgIpc) is 4.08. The number of carbonyl (C=O) groups is 3. The van der Waals surface area contributed by atoms with Crippen LogP contribution in [0.15, 0.2) is 95.4 Å². The van der Waals surface area contributed by atoms with Gasteiger partial charge in [0.1, 0.15) is 34.6 Å². The van der Waals surface area contributed by atoms with Gasteiger partial charge in [0, 0.05) is 77.7 Å². The van der Waals surface area contributed by atoms with Crippen LogP contribution in [0.25, 0.3) is 56.0 Å². The molecule has 0 aliphatic rings. The standard InChI is InChI=1S/C22H26FN3O.C21H24FN3O.C21H23FN2O2.5H2/c1-13-10-17-21(14(2)20(13)26-19(27)12-22(3,4)5)25-18(24-17)11-15-6-8-16(23)9-7-15;1-12-10-16-19(13(2)18(12)24-17(26)11-21(3,4)5)25-20(23-16)14-6-8-15(22)9-7-14;1-12-10-16-19(13(2)18(12)23-17(25)11-21(3,4)5)24-20(26-16)14-6-8-15(22)9-7-14;;;;;/h6-10H,11-12H2,1-5H3,(H,24,25)(H,26,27);6-10H,11H2,1-5H3,(H,23,25)(H,24,26);6-10H,11H2,1-5H3,(H,23,25);5*1H. The Bertz CT molecular complexity index is 3550. The number of anilines is 3. The first-order chi connectivity index (χ1) is 36.9. The van der Waals surface area contributed by atoms with Gasteiger partial charge in [-0.2, -0.15) is 0 Å². The number of aromatic amines is 2. The topological polar surface area (TPSA) is 171 Å². The number of fused-ring (bicyclic) bond motifs is 3. The molecule has 15 heteroatoms. The number of imidazole rings is 2. The normalized spacial score (nSPS) is 11.8. The summed E-state index contributed by atoms with van der Waals surface area (Å²) in [6.45, 7) is 30.1. The van der Waals surface area contributed by atoms with E-state index in [1.165, 1.54) is 36.4 Å². The van der Waals surface area contributed by atoms with Crippen molar-refractivity contribution in [1.82, 2.24) is 24.9 Å². The lowest BCUT2D eigenvalue weighted by molar-refractivity contribution is -0.118. The molecule has 0 radical (unpaired) electrons. The predicted molar refractivity (Wildman–Crippen MR) is 323 cm³/mol. The maximum Gasteiger partial charge on any atom is 0.227 e. The van der Waals surface area contributed by atoms with Crippen LogP contribution in [0, 0.1) is 75.2 Å². The lowest BCUT2D eigenvalue weighted by Crippen LogP contribution is -2.20. The van der Waals surface area contributed by atoms with Crippen molar-refractivity contribution in [3.8, 4) is 22.8 Å². The SMILES string of the molecule is Cc1cc2[nH]c(-c3ccc(F)cc3)nc2c(C)c1NC(=O)CC(C)(C)C.Cc1cc2[nH]c(Cc3ccc(F)cc3)nc2c(C)c1NC(=O)CC(C)(C)C.Cc1cc2oc(-c3ccc(F)cc3)nc2c(C)c1NC(=O)CC(C)(C)C.[HH].[HH].[HH].[HH].[HH]. The number of aromatic nitrogens is 5. The van der Waals surface area contributed by atoms with Crippen molar-refractivity contribution >= 4 is 68.0 Å². The molecule has 0 saturated heterocycles. The van der Waals surface area contributed by atoms with Crippen LogP contribution >= 0.6 is 0 Å². The van der Waals surface area contributed by atoms with Crippen LogP contribution in [0.4, 0.5) is 30.2 Å². The Morgan fingerprint density at radius 2 is 0.873 bits per heavy atom. The molecule has 12 nitrogen and oxygen atoms in total. The molecule has 3 aromatic heterocycles. The Balaban J connectivity index is 0.000000418. The van der Waals surface area contributed by atoms with Crippen LogP contribution in [0.1, 0.15) is 133 Å². The second-order valence-corrected chi connectivity index (χ2v) is 24.2. The Labute approximate surface area is 468 Å². The lowest BCUT2D eigenvalue weighted by atomic mass is 9.92. The first kappa shape index (κ1) is 58.6. The summed E-state index contributed by atoms with van der Waals surface area (Å²) in [5.74, 6) is 1.09. The van der Waals surface area contributed by atoms with E-state index in [-0.39, 0.29) is 58.6 Å². The number of amides is 3. The van der Waals surface area contributed by atoms with Gasteiger partial charge in [0.15, 0.2) is 5.58 Å². The smallest absolute Gasteiger partial charge is 0.227 e. The minimum atomic E-state index is -0.305. The molecule has 9 aromatic rings. The number of benzene rings is 6. The number of nitrogens with zero attached hydrogens (tertiary/aromatic N) is 3. The van der Waals surface area contributed by atoms with Crippen LogP contribution in [-0.2, 0) is 20.8 Å². The molecule has 3 heterocycles. The fourth-order valence-corrected chi connectivity index (χ4v) is 9.30. The molecular weight excluding hydrogens is 1000 g/mol. The molecule has 5 N–H and O–H groups in total. The first-order valence-electron chi connectivity index (χ1n) is 26.5. The van der Waals surface area contributed by atoms with E-state index in [4.69, 9.17) is 9.40 Å². The first-order valence-corrected chi connectivity index (χ1v) is 26.5. The van der Waals surface area contributed by atoms with Crippen molar-refractivity contribution in [2.45, 2.75) is 130 Å². The number of oxazole rings is 1. The van der Waals surface area contributed by atoms with Gasteiger partial charge in [0.05, 0.1) is 22.1 Å². The predicted octanol–water partition coefficient (Wildman–Crippen LogP) is 17.5. The number of hydrogen-bond donors (Lipinski definition) is 5. The van der Waals surface area contributed by atoms with Gasteiger partial charge in [-0.3, -0.25) is 14.4 Å². The zero-order valence-corrected chi connectivity index (χ0v) is 48.1. The minimum Gasteiger partial charge on any atom is -0.436 e. The van der Waals surface area contributed by atoms with Crippen LogP contribution < -0.4 is 16.0 Å². The molecule has 3 amide bonds. The van der Waals surface area contributed by atoms with Crippen molar-refractivity contribution in [1.29, 1.82) is 0 Å².